The monoisotopic (exact) mass is 1410 g/mol. The Kier molecular flexibility index (Phi) is 81.7. The first-order chi connectivity index (χ1) is 48.8. The van der Waals surface area contributed by atoms with E-state index < -0.39 is 26.5 Å². The molecular weight excluding hydrogens is 1240 g/mol. The van der Waals surface area contributed by atoms with E-state index in [1.165, 1.54) is 334 Å². The van der Waals surface area contributed by atoms with E-state index in [4.69, 9.17) is 24.3 Å². The third-order valence-corrected chi connectivity index (χ3v) is 20.2. The summed E-state index contributed by atoms with van der Waals surface area (Å²) in [5, 5.41) is 0. The molecule has 578 valence electrons. The molecule has 0 bridgehead atoms. The Morgan fingerprint density at radius 1 is 0.313 bits per heavy atom. The van der Waals surface area contributed by atoms with E-state index in [0.29, 0.717) is 6.42 Å². The number of allylic oxidation sites excluding steroid dienone is 14. The summed E-state index contributed by atoms with van der Waals surface area (Å²) in [5.41, 5.74) is 5.42. The van der Waals surface area contributed by atoms with Crippen LogP contribution in [0.1, 0.15) is 438 Å². The summed E-state index contributed by atoms with van der Waals surface area (Å²) in [6.45, 7) is 3.69. The van der Waals surface area contributed by atoms with Crippen molar-refractivity contribution in [1.29, 1.82) is 0 Å². The maximum Gasteiger partial charge on any atom is 0.472 e. The molecule has 0 aromatic rings. The van der Waals surface area contributed by atoms with Crippen molar-refractivity contribution in [3.05, 3.63) is 85.1 Å². The highest BCUT2D eigenvalue weighted by Crippen LogP contribution is 2.43. The molecule has 10 heteroatoms. The molecule has 3 N–H and O–H groups in total. The Morgan fingerprint density at radius 2 is 0.556 bits per heavy atom. The van der Waals surface area contributed by atoms with Gasteiger partial charge >= 0.3 is 19.8 Å². The van der Waals surface area contributed by atoms with E-state index in [1.54, 1.807) is 0 Å². The molecule has 0 amide bonds. The molecule has 99 heavy (non-hydrogen) atoms. The Balaban J connectivity index is 3.72. The molecule has 0 spiro atoms. The second kappa shape index (κ2) is 84.1. The van der Waals surface area contributed by atoms with Gasteiger partial charge in [0.25, 0.3) is 0 Å². The second-order valence-electron chi connectivity index (χ2n) is 29.0. The number of phosphoric acid groups is 1. The zero-order chi connectivity index (χ0) is 71.5. The van der Waals surface area contributed by atoms with E-state index >= 15 is 0 Å². The Bertz CT molecular complexity index is 1910. The van der Waals surface area contributed by atoms with Crippen LogP contribution in [0.3, 0.4) is 0 Å². The minimum atomic E-state index is -4.40. The van der Waals surface area contributed by atoms with E-state index in [9.17, 15) is 19.0 Å². The lowest BCUT2D eigenvalue weighted by atomic mass is 10.0. The van der Waals surface area contributed by atoms with E-state index in [0.717, 1.165) is 70.6 Å². The molecule has 2 unspecified atom stereocenters. The Hall–Kier alpha value is -2.81. The molecule has 0 heterocycles. The summed E-state index contributed by atoms with van der Waals surface area (Å²) in [5.74, 6) is -0.803. The van der Waals surface area contributed by atoms with Crippen molar-refractivity contribution in [2.45, 2.75) is 444 Å². The summed E-state index contributed by atoms with van der Waals surface area (Å²) in [6.07, 6.45) is 115. The molecule has 0 saturated heterocycles. The van der Waals surface area contributed by atoms with Crippen LogP contribution in [0.2, 0.25) is 0 Å². The first-order valence-electron chi connectivity index (χ1n) is 43.1. The number of ether oxygens (including phenoxy) is 2. The fourth-order valence-corrected chi connectivity index (χ4v) is 13.7. The normalized spacial score (nSPS) is 13.2. The molecule has 9 nitrogen and oxygen atoms in total. The van der Waals surface area contributed by atoms with E-state index in [2.05, 4.69) is 98.9 Å². The van der Waals surface area contributed by atoms with Crippen molar-refractivity contribution in [3.8, 4) is 0 Å². The first kappa shape index (κ1) is 96.2. The third-order valence-electron chi connectivity index (χ3n) is 19.3. The van der Waals surface area contributed by atoms with Gasteiger partial charge in [-0.25, -0.2) is 4.57 Å². The Morgan fingerprint density at radius 3 is 0.828 bits per heavy atom. The second-order valence-corrected chi connectivity index (χ2v) is 30.5. The number of carbonyl (C=O) groups is 2. The van der Waals surface area contributed by atoms with Gasteiger partial charge in [0.1, 0.15) is 6.61 Å². The van der Waals surface area contributed by atoms with Crippen LogP contribution in [-0.4, -0.2) is 49.3 Å². The molecule has 0 aliphatic heterocycles. The number of hydrogen-bond donors (Lipinski definition) is 2. The topological polar surface area (TPSA) is 134 Å². The third kappa shape index (κ3) is 84.0. The summed E-state index contributed by atoms with van der Waals surface area (Å²) in [4.78, 5) is 35.5. The van der Waals surface area contributed by atoms with Gasteiger partial charge in [-0.15, -0.1) is 0 Å². The van der Waals surface area contributed by atoms with Crippen LogP contribution in [0.4, 0.5) is 0 Å². The van der Waals surface area contributed by atoms with Crippen LogP contribution in [0.15, 0.2) is 85.1 Å². The van der Waals surface area contributed by atoms with Crippen molar-refractivity contribution in [3.63, 3.8) is 0 Å². The van der Waals surface area contributed by atoms with Crippen LogP contribution in [0.5, 0.6) is 0 Å². The molecule has 0 aliphatic rings. The molecule has 0 aliphatic carbocycles. The van der Waals surface area contributed by atoms with Crippen LogP contribution < -0.4 is 5.73 Å². The number of carbonyl (C=O) groups excluding carboxylic acids is 2. The predicted molar refractivity (Wildman–Crippen MR) is 432 cm³/mol. The average molecular weight is 1410 g/mol. The van der Waals surface area contributed by atoms with Gasteiger partial charge in [0.05, 0.1) is 13.2 Å². The summed E-state index contributed by atoms with van der Waals surface area (Å²) in [7, 11) is -4.40. The number of unbranched alkanes of at least 4 members (excludes halogenated alkanes) is 55. The molecule has 0 rings (SSSR count). The van der Waals surface area contributed by atoms with Gasteiger partial charge in [-0.3, -0.25) is 18.6 Å². The number of nitrogens with two attached hydrogens (primary N) is 1. The highest BCUT2D eigenvalue weighted by molar-refractivity contribution is 7.47. The maximum absolute atomic E-state index is 12.8. The molecule has 0 fully saturated rings. The summed E-state index contributed by atoms with van der Waals surface area (Å²) >= 11 is 0. The molecule has 0 saturated carbocycles. The van der Waals surface area contributed by atoms with Crippen molar-refractivity contribution < 1.29 is 37.6 Å². The Labute approximate surface area is 614 Å². The fourth-order valence-electron chi connectivity index (χ4n) is 12.9. The molecule has 2 atom stereocenters. The lowest BCUT2D eigenvalue weighted by Crippen LogP contribution is -2.29. The minimum Gasteiger partial charge on any atom is -0.462 e. The first-order valence-corrected chi connectivity index (χ1v) is 44.6. The highest BCUT2D eigenvalue weighted by atomic mass is 31.2. The molecule has 0 aromatic heterocycles. The zero-order valence-electron chi connectivity index (χ0n) is 65.5. The van der Waals surface area contributed by atoms with Gasteiger partial charge in [-0.05, 0) is 89.9 Å². The predicted octanol–water partition coefficient (Wildman–Crippen LogP) is 29.2. The maximum atomic E-state index is 12.8. The summed E-state index contributed by atoms with van der Waals surface area (Å²) < 4.78 is 33.3. The zero-order valence-corrected chi connectivity index (χ0v) is 66.4. The number of esters is 2. The largest absolute Gasteiger partial charge is 0.472 e. The van der Waals surface area contributed by atoms with Crippen molar-refractivity contribution in [1.82, 2.24) is 0 Å². The quantitative estimate of drug-likeness (QED) is 0.0264. The standard InChI is InChI=1S/C89H164NO8P/c1-3-5-7-9-11-13-15-17-19-21-23-25-27-29-31-33-35-37-39-41-42-43-44-46-47-49-51-53-55-57-59-61-63-65-67-69-71-73-75-77-79-81-88(91)95-85-87(86-97-99(93,94)96-84-83-90)98-89(92)82-80-78-76-74-72-70-68-66-64-62-60-58-56-54-52-50-48-45-40-38-36-34-32-30-28-26-24-22-20-18-16-14-12-10-8-6-4-2/h6,8,12,14-15,17-18,20-21,23-24,26-27,29,87H,3-5,7,9-11,13,16,19,22,25,28,30-86,90H2,1-2H3,(H,93,94)/b8-6-,14-12-,17-15-,20-18-,23-21-,26-24-,29-27-. The van der Waals surface area contributed by atoms with Gasteiger partial charge in [-0.1, -0.05) is 420 Å². The SMILES string of the molecule is CC/C=C\C/C=C\C/C=C\C/C=C\CCCCCCCCCCCCCCCCCCCCCCCCCCC(=O)OC(COC(=O)CCCCCCCCCCCCCCCCCCCCCCCCCCCC/C=C\C/C=C\C/C=C\CCCCCCC)COP(=O)(O)OCCN. The highest BCUT2D eigenvalue weighted by Gasteiger charge is 2.26. The average Bonchev–Trinajstić information content (AvgIpc) is 1.64. The van der Waals surface area contributed by atoms with Crippen molar-refractivity contribution in [2.24, 2.45) is 5.73 Å². The van der Waals surface area contributed by atoms with Crippen LogP contribution in [-0.2, 0) is 32.7 Å². The van der Waals surface area contributed by atoms with Crippen LogP contribution in [0.25, 0.3) is 0 Å². The molecule has 0 radical (unpaired) electrons. The molecular formula is C89H164NO8P. The summed E-state index contributed by atoms with van der Waals surface area (Å²) in [6, 6.07) is 0. The van der Waals surface area contributed by atoms with E-state index in [-0.39, 0.29) is 38.6 Å². The van der Waals surface area contributed by atoms with Crippen LogP contribution in [0, 0.1) is 0 Å². The van der Waals surface area contributed by atoms with Gasteiger partial charge in [0, 0.05) is 19.4 Å². The van der Waals surface area contributed by atoms with Gasteiger partial charge < -0.3 is 20.1 Å². The number of rotatable bonds is 82. The van der Waals surface area contributed by atoms with Gasteiger partial charge in [-0.2, -0.15) is 0 Å². The van der Waals surface area contributed by atoms with E-state index in [1.807, 2.05) is 0 Å². The number of hydrogen-bond acceptors (Lipinski definition) is 8. The van der Waals surface area contributed by atoms with Crippen molar-refractivity contribution >= 4 is 19.8 Å². The van der Waals surface area contributed by atoms with Crippen molar-refractivity contribution in [2.75, 3.05) is 26.4 Å². The van der Waals surface area contributed by atoms with Crippen LogP contribution >= 0.6 is 7.82 Å². The molecule has 0 aromatic carbocycles. The minimum absolute atomic E-state index is 0.0550. The van der Waals surface area contributed by atoms with Gasteiger partial charge in [0.2, 0.25) is 0 Å². The lowest BCUT2D eigenvalue weighted by molar-refractivity contribution is -0.161. The lowest BCUT2D eigenvalue weighted by Gasteiger charge is -2.19. The smallest absolute Gasteiger partial charge is 0.462 e. The fraction of sp³-hybridized carbons (Fsp3) is 0.820. The van der Waals surface area contributed by atoms with Gasteiger partial charge in [0.15, 0.2) is 6.10 Å². The number of phosphoric ester groups is 1.